The van der Waals surface area contributed by atoms with Crippen LogP contribution in [0.4, 0.5) is 4.39 Å². The molecule has 0 fully saturated rings. The van der Waals surface area contributed by atoms with Gasteiger partial charge < -0.3 is 5.73 Å². The lowest BCUT2D eigenvalue weighted by Gasteiger charge is -2.14. The van der Waals surface area contributed by atoms with E-state index in [0.717, 1.165) is 6.42 Å². The number of rotatable bonds is 5. The van der Waals surface area contributed by atoms with Gasteiger partial charge in [-0.2, -0.15) is 0 Å². The van der Waals surface area contributed by atoms with Gasteiger partial charge in [0.05, 0.1) is 5.02 Å². The highest BCUT2D eigenvalue weighted by Gasteiger charge is 2.11. The first-order valence-electron chi connectivity index (χ1n) is 7.24. The number of hydrogen-bond donors (Lipinski definition) is 1. The standard InChI is InChI=1S/C18H21ClFN/c1-12(2)14-8-6-13(7-9-14)10-16(21)11-15-4-3-5-17(19)18(15)20/h3-9,12,16H,10-11,21H2,1-2H3. The van der Waals surface area contributed by atoms with Crippen molar-refractivity contribution >= 4 is 11.6 Å². The van der Waals surface area contributed by atoms with Gasteiger partial charge in [-0.3, -0.25) is 0 Å². The lowest BCUT2D eigenvalue weighted by atomic mass is 9.96. The Balaban J connectivity index is 2.01. The summed E-state index contributed by atoms with van der Waals surface area (Å²) in [5.41, 5.74) is 9.21. The van der Waals surface area contributed by atoms with Gasteiger partial charge in [-0.15, -0.1) is 0 Å². The topological polar surface area (TPSA) is 26.0 Å². The minimum absolute atomic E-state index is 0.122. The third-order valence-electron chi connectivity index (χ3n) is 3.66. The van der Waals surface area contributed by atoms with Gasteiger partial charge >= 0.3 is 0 Å². The Morgan fingerprint density at radius 1 is 1.05 bits per heavy atom. The Morgan fingerprint density at radius 3 is 2.33 bits per heavy atom. The number of benzene rings is 2. The van der Waals surface area contributed by atoms with Gasteiger partial charge in [-0.25, -0.2) is 4.39 Å². The molecule has 0 aliphatic heterocycles. The van der Waals surface area contributed by atoms with Crippen molar-refractivity contribution in [2.45, 2.75) is 38.6 Å². The Hall–Kier alpha value is -1.38. The van der Waals surface area contributed by atoms with E-state index in [-0.39, 0.29) is 16.9 Å². The average molecular weight is 306 g/mol. The third kappa shape index (κ3) is 4.29. The van der Waals surface area contributed by atoms with Crippen LogP contribution in [0.5, 0.6) is 0 Å². The van der Waals surface area contributed by atoms with Crippen LogP contribution in [0, 0.1) is 5.82 Å². The molecule has 2 aromatic rings. The summed E-state index contributed by atoms with van der Waals surface area (Å²) >= 11 is 5.79. The first kappa shape index (κ1) is 16.0. The fraction of sp³-hybridized carbons (Fsp3) is 0.333. The normalized spacial score (nSPS) is 12.7. The van der Waals surface area contributed by atoms with Gasteiger partial charge in [-0.1, -0.05) is 61.8 Å². The van der Waals surface area contributed by atoms with Gasteiger partial charge in [-0.05, 0) is 41.5 Å². The van der Waals surface area contributed by atoms with Crippen molar-refractivity contribution in [1.29, 1.82) is 0 Å². The summed E-state index contributed by atoms with van der Waals surface area (Å²) < 4.78 is 13.9. The summed E-state index contributed by atoms with van der Waals surface area (Å²) in [6, 6.07) is 13.4. The van der Waals surface area contributed by atoms with Crippen molar-refractivity contribution < 1.29 is 4.39 Å². The van der Waals surface area contributed by atoms with Crippen LogP contribution < -0.4 is 5.73 Å². The highest BCUT2D eigenvalue weighted by atomic mass is 35.5. The smallest absolute Gasteiger partial charge is 0.145 e. The minimum Gasteiger partial charge on any atom is -0.327 e. The molecular formula is C18H21ClFN. The van der Waals surface area contributed by atoms with Crippen LogP contribution in [0.1, 0.15) is 36.5 Å². The van der Waals surface area contributed by atoms with Gasteiger partial charge in [0.25, 0.3) is 0 Å². The van der Waals surface area contributed by atoms with E-state index in [1.807, 2.05) is 0 Å². The second-order valence-corrected chi connectivity index (χ2v) is 6.18. The van der Waals surface area contributed by atoms with Gasteiger partial charge in [0.1, 0.15) is 5.82 Å². The van der Waals surface area contributed by atoms with Gasteiger partial charge in [0, 0.05) is 6.04 Å². The Bertz CT molecular complexity index is 593. The molecule has 0 spiro atoms. The van der Waals surface area contributed by atoms with Crippen molar-refractivity contribution in [2.75, 3.05) is 0 Å². The summed E-state index contributed by atoms with van der Waals surface area (Å²) in [5, 5.41) is 0.154. The molecule has 0 aliphatic rings. The van der Waals surface area contributed by atoms with Gasteiger partial charge in [0.15, 0.2) is 0 Å². The molecule has 0 radical (unpaired) electrons. The molecule has 0 heterocycles. The highest BCUT2D eigenvalue weighted by Crippen LogP contribution is 2.20. The maximum atomic E-state index is 13.9. The Labute approximate surface area is 130 Å². The molecule has 1 atom stereocenters. The van der Waals surface area contributed by atoms with Crippen LogP contribution in [0.15, 0.2) is 42.5 Å². The van der Waals surface area contributed by atoms with Gasteiger partial charge in [0.2, 0.25) is 0 Å². The van der Waals surface area contributed by atoms with E-state index >= 15 is 0 Å². The molecule has 0 saturated heterocycles. The molecule has 0 bridgehead atoms. The molecule has 1 nitrogen and oxygen atoms in total. The maximum Gasteiger partial charge on any atom is 0.145 e. The molecule has 0 amide bonds. The number of halogens is 2. The number of nitrogens with two attached hydrogens (primary N) is 1. The monoisotopic (exact) mass is 305 g/mol. The molecule has 112 valence electrons. The van der Waals surface area contributed by atoms with E-state index in [1.54, 1.807) is 18.2 Å². The fourth-order valence-electron chi connectivity index (χ4n) is 2.40. The van der Waals surface area contributed by atoms with E-state index < -0.39 is 0 Å². The van der Waals surface area contributed by atoms with Crippen LogP contribution in [0.25, 0.3) is 0 Å². The lowest BCUT2D eigenvalue weighted by Crippen LogP contribution is -2.26. The third-order valence-corrected chi connectivity index (χ3v) is 3.95. The first-order chi connectivity index (χ1) is 9.97. The van der Waals surface area contributed by atoms with Crippen LogP contribution in [-0.2, 0) is 12.8 Å². The number of hydrogen-bond acceptors (Lipinski definition) is 1. The predicted octanol–water partition coefficient (Wildman–Crippen LogP) is 4.72. The largest absolute Gasteiger partial charge is 0.327 e. The molecule has 0 saturated carbocycles. The molecule has 1 unspecified atom stereocenters. The SMILES string of the molecule is CC(C)c1ccc(CC(N)Cc2cccc(Cl)c2F)cc1. The van der Waals surface area contributed by atoms with E-state index in [1.165, 1.54) is 11.1 Å². The maximum absolute atomic E-state index is 13.9. The average Bonchev–Trinajstić information content (AvgIpc) is 2.44. The lowest BCUT2D eigenvalue weighted by molar-refractivity contribution is 0.584. The zero-order chi connectivity index (χ0) is 15.4. The summed E-state index contributed by atoms with van der Waals surface area (Å²) in [6.45, 7) is 4.34. The second kappa shape index (κ2) is 7.06. The minimum atomic E-state index is -0.357. The molecule has 0 aromatic heterocycles. The summed E-state index contributed by atoms with van der Waals surface area (Å²) in [4.78, 5) is 0. The quantitative estimate of drug-likeness (QED) is 0.850. The zero-order valence-corrected chi connectivity index (χ0v) is 13.2. The van der Waals surface area contributed by atoms with Crippen molar-refractivity contribution in [3.63, 3.8) is 0 Å². The van der Waals surface area contributed by atoms with E-state index in [9.17, 15) is 4.39 Å². The Morgan fingerprint density at radius 2 is 1.71 bits per heavy atom. The molecule has 3 heteroatoms. The molecule has 0 aliphatic carbocycles. The molecule has 2 aromatic carbocycles. The van der Waals surface area contributed by atoms with E-state index in [4.69, 9.17) is 17.3 Å². The van der Waals surface area contributed by atoms with E-state index in [0.29, 0.717) is 17.9 Å². The fourth-order valence-corrected chi connectivity index (χ4v) is 2.60. The first-order valence-corrected chi connectivity index (χ1v) is 7.62. The van der Waals surface area contributed by atoms with Crippen LogP contribution in [0.2, 0.25) is 5.02 Å². The van der Waals surface area contributed by atoms with Crippen LogP contribution >= 0.6 is 11.6 Å². The zero-order valence-electron chi connectivity index (χ0n) is 12.4. The molecule has 21 heavy (non-hydrogen) atoms. The van der Waals surface area contributed by atoms with Crippen LogP contribution in [-0.4, -0.2) is 6.04 Å². The predicted molar refractivity (Wildman–Crippen MR) is 87.3 cm³/mol. The Kier molecular flexibility index (Phi) is 5.38. The molecule has 2 N–H and O–H groups in total. The van der Waals surface area contributed by atoms with Crippen LogP contribution in [0.3, 0.4) is 0 Å². The van der Waals surface area contributed by atoms with Crippen molar-refractivity contribution in [3.8, 4) is 0 Å². The summed E-state index contributed by atoms with van der Waals surface area (Å²) in [5.74, 6) is 0.165. The van der Waals surface area contributed by atoms with E-state index in [2.05, 4.69) is 38.1 Å². The van der Waals surface area contributed by atoms with Crippen molar-refractivity contribution in [3.05, 3.63) is 70.0 Å². The molecule has 2 rings (SSSR count). The second-order valence-electron chi connectivity index (χ2n) is 5.78. The summed E-state index contributed by atoms with van der Waals surface area (Å²) in [7, 11) is 0. The summed E-state index contributed by atoms with van der Waals surface area (Å²) in [6.07, 6.45) is 1.21. The van der Waals surface area contributed by atoms with Crippen molar-refractivity contribution in [1.82, 2.24) is 0 Å². The van der Waals surface area contributed by atoms with Crippen molar-refractivity contribution in [2.24, 2.45) is 5.73 Å². The highest BCUT2D eigenvalue weighted by molar-refractivity contribution is 6.30. The molecular weight excluding hydrogens is 285 g/mol.